The van der Waals surface area contributed by atoms with Crippen molar-refractivity contribution in [1.29, 1.82) is 0 Å². The number of hydrogen-bond acceptors (Lipinski definition) is 4. The van der Waals surface area contributed by atoms with Gasteiger partial charge in [-0.1, -0.05) is 11.6 Å². The van der Waals surface area contributed by atoms with Crippen LogP contribution in [0.4, 0.5) is 19.0 Å². The second-order valence-corrected chi connectivity index (χ2v) is 6.60. The van der Waals surface area contributed by atoms with Gasteiger partial charge in [0, 0.05) is 12.2 Å². The second-order valence-electron chi connectivity index (χ2n) is 4.30. The molecule has 0 aliphatic rings. The lowest BCUT2D eigenvalue weighted by Crippen LogP contribution is -2.43. The third kappa shape index (κ3) is 3.97. The van der Waals surface area contributed by atoms with Crippen LogP contribution in [0.15, 0.2) is 17.2 Å². The van der Waals surface area contributed by atoms with Crippen molar-refractivity contribution in [3.05, 3.63) is 17.3 Å². The Labute approximate surface area is 119 Å². The minimum atomic E-state index is -4.65. The highest BCUT2D eigenvalue weighted by molar-refractivity contribution is 7.89. The van der Waals surface area contributed by atoms with E-state index in [1.165, 1.54) is 13.8 Å². The monoisotopic (exact) mass is 331 g/mol. The van der Waals surface area contributed by atoms with Gasteiger partial charge < -0.3 is 5.73 Å². The van der Waals surface area contributed by atoms with Crippen molar-refractivity contribution in [3.63, 3.8) is 0 Å². The molecule has 1 aromatic rings. The summed E-state index contributed by atoms with van der Waals surface area (Å²) in [5.74, 6) is -0.0995. The van der Waals surface area contributed by atoms with E-state index < -0.39 is 33.7 Å². The zero-order chi connectivity index (χ0) is 15.7. The number of nitrogen functional groups attached to an aromatic ring is 1. The van der Waals surface area contributed by atoms with Gasteiger partial charge in [0.25, 0.3) is 0 Å². The first-order chi connectivity index (χ1) is 8.95. The van der Waals surface area contributed by atoms with Crippen molar-refractivity contribution < 1.29 is 21.6 Å². The summed E-state index contributed by atoms with van der Waals surface area (Å²) in [4.78, 5) is 3.11. The summed E-state index contributed by atoms with van der Waals surface area (Å²) in [5.41, 5.74) is 5.34. The summed E-state index contributed by atoms with van der Waals surface area (Å²) >= 11 is 5.64. The van der Waals surface area contributed by atoms with Crippen molar-refractivity contribution in [3.8, 4) is 0 Å². The average Bonchev–Trinajstić information content (AvgIpc) is 2.28. The maximum absolute atomic E-state index is 12.5. The molecule has 0 aliphatic heterocycles. The largest absolute Gasteiger partial charge is 0.402 e. The molecular weight excluding hydrogens is 319 g/mol. The normalized spacial score (nSPS) is 13.2. The first kappa shape index (κ1) is 17.0. The van der Waals surface area contributed by atoms with E-state index in [-0.39, 0.29) is 10.8 Å². The molecule has 0 atom stereocenters. The molecule has 0 spiro atoms. The van der Waals surface area contributed by atoms with Gasteiger partial charge in [0.15, 0.2) is 0 Å². The molecule has 1 aromatic heterocycles. The summed E-state index contributed by atoms with van der Waals surface area (Å²) in [6, 6.07) is 0.100. The van der Waals surface area contributed by atoms with Gasteiger partial charge in [-0.15, -0.1) is 0 Å². The Morgan fingerprint density at radius 2 is 2.00 bits per heavy atom. The number of alkyl halides is 3. The van der Waals surface area contributed by atoms with Gasteiger partial charge in [0.05, 0.1) is 5.02 Å². The van der Waals surface area contributed by atoms with E-state index in [0.29, 0.717) is 4.31 Å². The molecule has 0 bridgehead atoms. The number of halogens is 4. The number of hydrogen-bond donors (Lipinski definition) is 1. The Morgan fingerprint density at radius 1 is 1.45 bits per heavy atom. The SMILES string of the molecule is CC(C)N(CC(F)(F)F)S(=O)(=O)c1cnc(N)c(Cl)c1. The summed E-state index contributed by atoms with van der Waals surface area (Å²) < 4.78 is 62.2. The second kappa shape index (κ2) is 5.74. The molecule has 10 heteroatoms. The van der Waals surface area contributed by atoms with Crippen molar-refractivity contribution in [2.75, 3.05) is 12.3 Å². The standard InChI is InChI=1S/C10H13ClF3N3O2S/c1-6(2)17(5-10(12,13)14)20(18,19)7-3-8(11)9(15)16-4-7/h3-4,6H,5H2,1-2H3,(H2,15,16). The van der Waals surface area contributed by atoms with Gasteiger partial charge in [-0.05, 0) is 19.9 Å². The van der Waals surface area contributed by atoms with Crippen molar-refractivity contribution in [2.45, 2.75) is 31.0 Å². The minimum absolute atomic E-state index is 0.0995. The van der Waals surface area contributed by atoms with E-state index in [1.807, 2.05) is 0 Å². The van der Waals surface area contributed by atoms with E-state index >= 15 is 0 Å². The van der Waals surface area contributed by atoms with Gasteiger partial charge in [-0.25, -0.2) is 13.4 Å². The first-order valence-electron chi connectivity index (χ1n) is 5.45. The van der Waals surface area contributed by atoms with Gasteiger partial charge in [0.2, 0.25) is 10.0 Å². The van der Waals surface area contributed by atoms with Crippen LogP contribution in [0.5, 0.6) is 0 Å². The number of nitrogens with two attached hydrogens (primary N) is 1. The Bertz CT molecular complexity index is 590. The number of pyridine rings is 1. The Kier molecular flexibility index (Phi) is 4.88. The predicted molar refractivity (Wildman–Crippen MR) is 68.7 cm³/mol. The third-order valence-corrected chi connectivity index (χ3v) is 4.65. The lowest BCUT2D eigenvalue weighted by atomic mass is 10.4. The minimum Gasteiger partial charge on any atom is -0.382 e. The van der Waals surface area contributed by atoms with Crippen LogP contribution in [0, 0.1) is 0 Å². The van der Waals surface area contributed by atoms with Crippen LogP contribution < -0.4 is 5.73 Å². The molecule has 1 rings (SSSR count). The fourth-order valence-corrected chi connectivity index (χ4v) is 3.26. The Balaban J connectivity index is 3.26. The Hall–Kier alpha value is -1.06. The molecule has 0 unspecified atom stereocenters. The highest BCUT2D eigenvalue weighted by Crippen LogP contribution is 2.27. The first-order valence-corrected chi connectivity index (χ1v) is 7.26. The highest BCUT2D eigenvalue weighted by atomic mass is 35.5. The van der Waals surface area contributed by atoms with Crippen LogP contribution in [0.1, 0.15) is 13.8 Å². The van der Waals surface area contributed by atoms with E-state index in [2.05, 4.69) is 4.98 Å². The molecule has 114 valence electrons. The maximum atomic E-state index is 12.5. The molecular formula is C10H13ClF3N3O2S. The zero-order valence-electron chi connectivity index (χ0n) is 10.6. The van der Waals surface area contributed by atoms with Crippen LogP contribution in [-0.4, -0.2) is 36.5 Å². The number of rotatable bonds is 4. The van der Waals surface area contributed by atoms with Crippen LogP contribution in [0.2, 0.25) is 5.02 Å². The van der Waals surface area contributed by atoms with Crippen molar-refractivity contribution in [1.82, 2.24) is 9.29 Å². The van der Waals surface area contributed by atoms with E-state index in [4.69, 9.17) is 17.3 Å². The van der Waals surface area contributed by atoms with Gasteiger partial charge in [-0.2, -0.15) is 17.5 Å². The van der Waals surface area contributed by atoms with Crippen LogP contribution in [0.25, 0.3) is 0 Å². The van der Waals surface area contributed by atoms with Crippen molar-refractivity contribution >= 4 is 27.4 Å². The van der Waals surface area contributed by atoms with E-state index in [0.717, 1.165) is 12.3 Å². The molecule has 5 nitrogen and oxygen atoms in total. The summed E-state index contributed by atoms with van der Waals surface area (Å²) in [6.07, 6.45) is -3.77. The summed E-state index contributed by atoms with van der Waals surface area (Å²) in [5, 5.41) is -0.137. The molecule has 1 heterocycles. The smallest absolute Gasteiger partial charge is 0.382 e. The van der Waals surface area contributed by atoms with Crippen LogP contribution >= 0.6 is 11.6 Å². The molecule has 0 aromatic carbocycles. The molecule has 0 amide bonds. The lowest BCUT2D eigenvalue weighted by molar-refractivity contribution is -0.138. The average molecular weight is 332 g/mol. The highest BCUT2D eigenvalue weighted by Gasteiger charge is 2.38. The topological polar surface area (TPSA) is 76.3 Å². The maximum Gasteiger partial charge on any atom is 0.402 e. The molecule has 0 fully saturated rings. The summed E-state index contributed by atoms with van der Waals surface area (Å²) in [6.45, 7) is 1.10. The van der Waals surface area contributed by atoms with Crippen LogP contribution in [-0.2, 0) is 10.0 Å². The Morgan fingerprint density at radius 3 is 2.40 bits per heavy atom. The predicted octanol–water partition coefficient (Wildman–Crippen LogP) is 2.28. The van der Waals surface area contributed by atoms with E-state index in [9.17, 15) is 21.6 Å². The van der Waals surface area contributed by atoms with Gasteiger partial charge in [0.1, 0.15) is 17.3 Å². The van der Waals surface area contributed by atoms with Gasteiger partial charge in [-0.3, -0.25) is 0 Å². The van der Waals surface area contributed by atoms with Gasteiger partial charge >= 0.3 is 6.18 Å². The number of aromatic nitrogens is 1. The molecule has 0 saturated heterocycles. The van der Waals surface area contributed by atoms with E-state index in [1.54, 1.807) is 0 Å². The fraction of sp³-hybridized carbons (Fsp3) is 0.500. The lowest BCUT2D eigenvalue weighted by Gasteiger charge is -2.26. The quantitative estimate of drug-likeness (QED) is 0.918. The van der Waals surface area contributed by atoms with Crippen LogP contribution in [0.3, 0.4) is 0 Å². The summed E-state index contributed by atoms with van der Waals surface area (Å²) in [7, 11) is -4.36. The number of sulfonamides is 1. The molecule has 0 radical (unpaired) electrons. The molecule has 2 N–H and O–H groups in total. The number of anilines is 1. The molecule has 0 aliphatic carbocycles. The number of nitrogens with zero attached hydrogens (tertiary/aromatic N) is 2. The fourth-order valence-electron chi connectivity index (χ4n) is 1.43. The molecule has 20 heavy (non-hydrogen) atoms. The zero-order valence-corrected chi connectivity index (χ0v) is 12.2. The molecule has 0 saturated carbocycles. The third-order valence-electron chi connectivity index (χ3n) is 2.36. The van der Waals surface area contributed by atoms with Crippen molar-refractivity contribution in [2.24, 2.45) is 0 Å².